The standard InChI is InChI=1S/C15H17N3O2/c1-10-3-5-11(6-4-10)18-14(19)12-9-16-7-2-8-17(16)13(12)15(18)20/h3-6,12-13H,2,7-9H2,1H3/t12-,13-/m0/s1. The highest BCUT2D eigenvalue weighted by atomic mass is 16.2. The Morgan fingerprint density at radius 1 is 1.05 bits per heavy atom. The highest BCUT2D eigenvalue weighted by molar-refractivity contribution is 6.23. The number of imide groups is 1. The molecule has 2 atom stereocenters. The van der Waals surface area contributed by atoms with Gasteiger partial charge in [-0.3, -0.25) is 9.59 Å². The number of hydrogen-bond donors (Lipinski definition) is 0. The molecule has 4 rings (SSSR count). The minimum atomic E-state index is -0.272. The second kappa shape index (κ2) is 4.14. The van der Waals surface area contributed by atoms with Crippen LogP contribution in [0.4, 0.5) is 5.69 Å². The first-order valence-corrected chi connectivity index (χ1v) is 7.13. The molecular weight excluding hydrogens is 254 g/mol. The number of carbonyl (C=O) groups excluding carboxylic acids is 2. The van der Waals surface area contributed by atoms with Crippen LogP contribution in [0.2, 0.25) is 0 Å². The predicted molar refractivity (Wildman–Crippen MR) is 73.8 cm³/mol. The van der Waals surface area contributed by atoms with E-state index in [4.69, 9.17) is 0 Å². The summed E-state index contributed by atoms with van der Waals surface area (Å²) in [5.41, 5.74) is 1.82. The van der Waals surface area contributed by atoms with Crippen molar-refractivity contribution in [2.24, 2.45) is 5.92 Å². The maximum atomic E-state index is 12.7. The zero-order valence-electron chi connectivity index (χ0n) is 11.5. The molecule has 3 saturated heterocycles. The number of rotatable bonds is 1. The van der Waals surface area contributed by atoms with Crippen molar-refractivity contribution >= 4 is 17.5 Å². The summed E-state index contributed by atoms with van der Waals surface area (Å²) in [5, 5.41) is 4.26. The first-order chi connectivity index (χ1) is 9.66. The quantitative estimate of drug-likeness (QED) is 0.708. The zero-order chi connectivity index (χ0) is 13.9. The van der Waals surface area contributed by atoms with Gasteiger partial charge in [-0.1, -0.05) is 17.7 Å². The Morgan fingerprint density at radius 3 is 2.55 bits per heavy atom. The molecule has 0 aromatic heterocycles. The zero-order valence-corrected chi connectivity index (χ0v) is 11.5. The molecule has 1 aromatic rings. The van der Waals surface area contributed by atoms with Gasteiger partial charge >= 0.3 is 0 Å². The van der Waals surface area contributed by atoms with Gasteiger partial charge in [0.05, 0.1) is 11.6 Å². The summed E-state index contributed by atoms with van der Waals surface area (Å²) in [5.74, 6) is -0.296. The number of aryl methyl sites for hydroxylation is 1. The van der Waals surface area contributed by atoms with E-state index < -0.39 is 0 Å². The van der Waals surface area contributed by atoms with Gasteiger partial charge in [-0.15, -0.1) is 0 Å². The summed E-state index contributed by atoms with van der Waals surface area (Å²) in [4.78, 5) is 26.6. The summed E-state index contributed by atoms with van der Waals surface area (Å²) in [6.45, 7) is 4.55. The van der Waals surface area contributed by atoms with Crippen LogP contribution in [0.3, 0.4) is 0 Å². The van der Waals surface area contributed by atoms with Gasteiger partial charge in [0, 0.05) is 19.6 Å². The Kier molecular flexibility index (Phi) is 2.49. The molecule has 0 saturated carbocycles. The van der Waals surface area contributed by atoms with E-state index in [1.165, 1.54) is 4.90 Å². The van der Waals surface area contributed by atoms with Crippen LogP contribution in [0, 0.1) is 12.8 Å². The maximum Gasteiger partial charge on any atom is 0.253 e. The van der Waals surface area contributed by atoms with E-state index in [9.17, 15) is 9.59 Å². The van der Waals surface area contributed by atoms with Gasteiger partial charge in [0.2, 0.25) is 5.91 Å². The molecule has 20 heavy (non-hydrogen) atoms. The minimum absolute atomic E-state index is 0.0433. The molecule has 0 bridgehead atoms. The van der Waals surface area contributed by atoms with Crippen LogP contribution in [-0.4, -0.2) is 47.5 Å². The number of hydrogen-bond acceptors (Lipinski definition) is 4. The second-order valence-electron chi connectivity index (χ2n) is 5.83. The van der Waals surface area contributed by atoms with E-state index in [1.54, 1.807) is 0 Å². The molecule has 0 unspecified atom stereocenters. The lowest BCUT2D eigenvalue weighted by Gasteiger charge is -2.24. The predicted octanol–water partition coefficient (Wildman–Crippen LogP) is 0.789. The molecule has 0 radical (unpaired) electrons. The molecule has 104 valence electrons. The fourth-order valence-electron chi connectivity index (χ4n) is 3.60. The van der Waals surface area contributed by atoms with Gasteiger partial charge in [0.15, 0.2) is 0 Å². The molecular formula is C15H17N3O2. The molecule has 3 aliphatic heterocycles. The summed E-state index contributed by atoms with van der Waals surface area (Å²) in [7, 11) is 0. The fourth-order valence-corrected chi connectivity index (χ4v) is 3.60. The van der Waals surface area contributed by atoms with Gasteiger partial charge in [-0.05, 0) is 25.5 Å². The normalized spacial score (nSPS) is 30.1. The van der Waals surface area contributed by atoms with Gasteiger partial charge in [-0.2, -0.15) is 0 Å². The highest BCUT2D eigenvalue weighted by Gasteiger charge is 2.57. The van der Waals surface area contributed by atoms with Crippen molar-refractivity contribution in [3.8, 4) is 0 Å². The van der Waals surface area contributed by atoms with Crippen molar-refractivity contribution in [1.29, 1.82) is 0 Å². The van der Waals surface area contributed by atoms with E-state index in [1.807, 2.05) is 31.2 Å². The Labute approximate surface area is 117 Å². The largest absolute Gasteiger partial charge is 0.274 e. The molecule has 3 heterocycles. The molecule has 5 nitrogen and oxygen atoms in total. The van der Waals surface area contributed by atoms with Crippen molar-refractivity contribution < 1.29 is 9.59 Å². The molecule has 5 heteroatoms. The third-order valence-corrected chi connectivity index (χ3v) is 4.58. The van der Waals surface area contributed by atoms with E-state index in [2.05, 4.69) is 10.0 Å². The fraction of sp³-hybridized carbons (Fsp3) is 0.467. The van der Waals surface area contributed by atoms with Gasteiger partial charge < -0.3 is 0 Å². The van der Waals surface area contributed by atoms with Crippen molar-refractivity contribution in [2.75, 3.05) is 24.5 Å². The minimum Gasteiger partial charge on any atom is -0.274 e. The van der Waals surface area contributed by atoms with Gasteiger partial charge in [-0.25, -0.2) is 14.9 Å². The van der Waals surface area contributed by atoms with Crippen molar-refractivity contribution in [2.45, 2.75) is 19.4 Å². The van der Waals surface area contributed by atoms with Crippen LogP contribution < -0.4 is 4.90 Å². The number of benzene rings is 1. The van der Waals surface area contributed by atoms with Crippen LogP contribution >= 0.6 is 0 Å². The average molecular weight is 271 g/mol. The van der Waals surface area contributed by atoms with E-state index in [0.29, 0.717) is 12.2 Å². The lowest BCUT2D eigenvalue weighted by Crippen LogP contribution is -2.43. The molecule has 2 amide bonds. The molecule has 3 aliphatic rings. The van der Waals surface area contributed by atoms with E-state index in [-0.39, 0.29) is 23.8 Å². The number of anilines is 1. The summed E-state index contributed by atoms with van der Waals surface area (Å²) < 4.78 is 0. The number of hydrazine groups is 1. The second-order valence-corrected chi connectivity index (χ2v) is 5.83. The van der Waals surface area contributed by atoms with Crippen molar-refractivity contribution in [1.82, 2.24) is 10.0 Å². The third-order valence-electron chi connectivity index (χ3n) is 4.58. The van der Waals surface area contributed by atoms with Crippen LogP contribution in [0.15, 0.2) is 24.3 Å². The summed E-state index contributed by atoms with van der Waals surface area (Å²) in [6, 6.07) is 7.31. The topological polar surface area (TPSA) is 43.9 Å². The Morgan fingerprint density at radius 2 is 1.80 bits per heavy atom. The monoisotopic (exact) mass is 271 g/mol. The lowest BCUT2D eigenvalue weighted by atomic mass is 10.0. The lowest BCUT2D eigenvalue weighted by molar-refractivity contribution is -0.125. The van der Waals surface area contributed by atoms with Crippen LogP contribution in [0.1, 0.15) is 12.0 Å². The molecule has 0 spiro atoms. The van der Waals surface area contributed by atoms with E-state index >= 15 is 0 Å². The van der Waals surface area contributed by atoms with Gasteiger partial charge in [0.25, 0.3) is 5.91 Å². The third kappa shape index (κ3) is 1.50. The molecule has 0 N–H and O–H groups in total. The Hall–Kier alpha value is -1.72. The maximum absolute atomic E-state index is 12.7. The van der Waals surface area contributed by atoms with Crippen LogP contribution in [0.25, 0.3) is 0 Å². The average Bonchev–Trinajstić information content (AvgIpc) is 3.05. The Bertz CT molecular complexity index is 583. The van der Waals surface area contributed by atoms with Gasteiger partial charge in [0.1, 0.15) is 6.04 Å². The molecule has 1 aromatic carbocycles. The van der Waals surface area contributed by atoms with Crippen molar-refractivity contribution in [3.05, 3.63) is 29.8 Å². The number of amides is 2. The number of nitrogens with zero attached hydrogens (tertiary/aromatic N) is 3. The number of fused-ring (bicyclic) bond motifs is 3. The van der Waals surface area contributed by atoms with Crippen molar-refractivity contribution in [3.63, 3.8) is 0 Å². The smallest absolute Gasteiger partial charge is 0.253 e. The van der Waals surface area contributed by atoms with Crippen LogP contribution in [0.5, 0.6) is 0 Å². The van der Waals surface area contributed by atoms with E-state index in [0.717, 1.165) is 25.1 Å². The summed E-state index contributed by atoms with van der Waals surface area (Å²) >= 11 is 0. The highest BCUT2D eigenvalue weighted by Crippen LogP contribution is 2.37. The number of carbonyl (C=O) groups is 2. The molecule has 0 aliphatic carbocycles. The Balaban J connectivity index is 1.69. The summed E-state index contributed by atoms with van der Waals surface area (Å²) in [6.07, 6.45) is 1.08. The first kappa shape index (κ1) is 12.1. The van der Waals surface area contributed by atoms with Crippen LogP contribution in [-0.2, 0) is 9.59 Å². The first-order valence-electron chi connectivity index (χ1n) is 7.13. The molecule has 3 fully saturated rings. The SMILES string of the molecule is Cc1ccc(N2C(=O)[C@H]3CN4CCCN4[C@@H]3C2=O)cc1.